The van der Waals surface area contributed by atoms with Crippen molar-refractivity contribution in [1.29, 1.82) is 0 Å². The molecule has 2 N–H and O–H groups in total. The van der Waals surface area contributed by atoms with Gasteiger partial charge < -0.3 is 15.5 Å². The third kappa shape index (κ3) is 7.16. The van der Waals surface area contributed by atoms with E-state index in [2.05, 4.69) is 10.6 Å². The van der Waals surface area contributed by atoms with Crippen LogP contribution in [0.4, 0.5) is 28.9 Å². The van der Waals surface area contributed by atoms with E-state index in [-0.39, 0.29) is 34.9 Å². The lowest BCUT2D eigenvalue weighted by Gasteiger charge is -2.41. The number of benzene rings is 3. The van der Waals surface area contributed by atoms with Gasteiger partial charge in [0.15, 0.2) is 0 Å². The Morgan fingerprint density at radius 2 is 1.51 bits per heavy atom. The summed E-state index contributed by atoms with van der Waals surface area (Å²) in [6.07, 6.45) is -3.25. The molecular weight excluding hydrogens is 600 g/mol. The number of hydrogen-bond donors (Lipinski definition) is 2. The smallest absolute Gasteiger partial charge is 0.382 e. The van der Waals surface area contributed by atoms with E-state index >= 15 is 4.39 Å². The van der Waals surface area contributed by atoms with Crippen molar-refractivity contribution in [3.63, 3.8) is 0 Å². The Hall–Kier alpha value is -3.56. The fourth-order valence-corrected chi connectivity index (χ4v) is 6.72. The second kappa shape index (κ2) is 12.8. The standard InChI is InChI=1S/C33H30B5F4N3O2/c1-17-5-8-22(14-25(17)33(40,41)42)44-29(46)24-4-3-11-45(30(47)27-18(2)12-20(34)13-26(27)39)28(24)19-6-9-21(10-7-19)43-23-15-31(35,36)32(37,38)16-23/h5-10,12-14,23-24,28,43H,3-4,11,15-16H2,1-2H3,(H,44,46)/t24-,28-/m0/s1. The summed E-state index contributed by atoms with van der Waals surface area (Å²) >= 11 is 0. The molecule has 47 heavy (non-hydrogen) atoms. The molecule has 1 aliphatic heterocycles. The molecule has 5 rings (SSSR count). The number of rotatable bonds is 6. The average molecular weight is 631 g/mol. The maximum atomic E-state index is 15.2. The van der Waals surface area contributed by atoms with Gasteiger partial charge in [0.05, 0.1) is 54.5 Å². The number of halogens is 4. The first-order chi connectivity index (χ1) is 21.9. The number of piperidine rings is 1. The molecule has 1 heterocycles. The molecule has 0 spiro atoms. The van der Waals surface area contributed by atoms with E-state index in [0.717, 1.165) is 12.1 Å². The number of likely N-dealkylation sites (tertiary alicyclic amines) is 1. The lowest BCUT2D eigenvalue weighted by molar-refractivity contribution is -0.138. The Balaban J connectivity index is 1.48. The van der Waals surface area contributed by atoms with Gasteiger partial charge in [-0.05, 0) is 86.6 Å². The number of aryl methyl sites for hydroxylation is 2. The topological polar surface area (TPSA) is 61.4 Å². The largest absolute Gasteiger partial charge is 0.416 e. The third-order valence-corrected chi connectivity index (χ3v) is 9.22. The van der Waals surface area contributed by atoms with Crippen LogP contribution in [0.1, 0.15) is 64.3 Å². The zero-order valence-corrected chi connectivity index (χ0v) is 26.1. The van der Waals surface area contributed by atoms with Crippen molar-refractivity contribution in [2.45, 2.75) is 68.2 Å². The van der Waals surface area contributed by atoms with Crippen LogP contribution in [-0.4, -0.2) is 68.5 Å². The van der Waals surface area contributed by atoms with Gasteiger partial charge in [0.1, 0.15) is 13.7 Å². The number of alkyl halides is 3. The molecule has 1 saturated heterocycles. The highest BCUT2D eigenvalue weighted by Crippen LogP contribution is 2.55. The van der Waals surface area contributed by atoms with Crippen LogP contribution < -0.4 is 16.1 Å². The number of carbonyl (C=O) groups excluding carboxylic acids is 2. The first-order valence-corrected chi connectivity index (χ1v) is 15.3. The van der Waals surface area contributed by atoms with Gasteiger partial charge in [-0.3, -0.25) is 9.59 Å². The SMILES string of the molecule is [B]c1cc(C)c(C(=O)N2CCC[C@H](C(=O)Nc3ccc(C)c(C(F)(F)F)c3)[C@@H]2c2ccc(NC3CC([B])([B])C([B])([B])C3)cc2)c(F)c1. The molecule has 3 aromatic rings. The second-order valence-corrected chi connectivity index (χ2v) is 12.9. The van der Waals surface area contributed by atoms with Crippen LogP contribution in [-0.2, 0) is 11.0 Å². The minimum atomic E-state index is -4.61. The lowest BCUT2D eigenvalue weighted by Crippen LogP contribution is -2.47. The normalized spacial score (nSPS) is 20.9. The number of anilines is 2. The minimum absolute atomic E-state index is 0.0160. The number of amides is 2. The molecule has 1 aliphatic carbocycles. The van der Waals surface area contributed by atoms with E-state index in [0.29, 0.717) is 42.5 Å². The van der Waals surface area contributed by atoms with Crippen LogP contribution >= 0.6 is 0 Å². The van der Waals surface area contributed by atoms with Gasteiger partial charge in [0.25, 0.3) is 5.91 Å². The van der Waals surface area contributed by atoms with Crippen molar-refractivity contribution in [3.8, 4) is 0 Å². The van der Waals surface area contributed by atoms with Crippen molar-refractivity contribution in [2.24, 2.45) is 5.92 Å². The number of hydrogen-bond acceptors (Lipinski definition) is 3. The predicted molar refractivity (Wildman–Crippen MR) is 179 cm³/mol. The van der Waals surface area contributed by atoms with E-state index in [9.17, 15) is 22.8 Å². The predicted octanol–water partition coefficient (Wildman–Crippen LogP) is 4.97. The van der Waals surface area contributed by atoms with Crippen LogP contribution in [0.2, 0.25) is 10.4 Å². The summed E-state index contributed by atoms with van der Waals surface area (Å²) in [4.78, 5) is 29.3. The summed E-state index contributed by atoms with van der Waals surface area (Å²) in [5, 5.41) is 3.39. The molecule has 1 saturated carbocycles. The third-order valence-electron chi connectivity index (χ3n) is 9.22. The first-order valence-electron chi connectivity index (χ1n) is 15.3. The number of nitrogens with zero attached hydrogens (tertiary/aromatic N) is 1. The quantitative estimate of drug-likeness (QED) is 0.299. The van der Waals surface area contributed by atoms with Crippen LogP contribution in [0.25, 0.3) is 0 Å². The van der Waals surface area contributed by atoms with Crippen LogP contribution in [0.3, 0.4) is 0 Å². The Bertz CT molecular complexity index is 1640. The molecule has 3 aromatic carbocycles. The van der Waals surface area contributed by atoms with E-state index in [1.807, 2.05) is 0 Å². The van der Waals surface area contributed by atoms with Gasteiger partial charge in [-0.2, -0.15) is 13.2 Å². The summed E-state index contributed by atoms with van der Waals surface area (Å²) in [6, 6.07) is 12.0. The number of carbonyl (C=O) groups is 2. The van der Waals surface area contributed by atoms with Crippen molar-refractivity contribution in [1.82, 2.24) is 4.90 Å². The Labute approximate surface area is 279 Å². The summed E-state index contributed by atoms with van der Waals surface area (Å²) in [5.74, 6) is -2.87. The summed E-state index contributed by atoms with van der Waals surface area (Å²) in [7, 11) is 30.2. The highest BCUT2D eigenvalue weighted by molar-refractivity contribution is 6.54. The van der Waals surface area contributed by atoms with Crippen molar-refractivity contribution in [3.05, 3.63) is 88.2 Å². The van der Waals surface area contributed by atoms with E-state index in [4.69, 9.17) is 39.2 Å². The highest BCUT2D eigenvalue weighted by atomic mass is 19.4. The van der Waals surface area contributed by atoms with Crippen molar-refractivity contribution in [2.75, 3.05) is 17.2 Å². The van der Waals surface area contributed by atoms with Gasteiger partial charge in [0, 0.05) is 24.0 Å². The van der Waals surface area contributed by atoms with Gasteiger partial charge in [-0.25, -0.2) is 4.39 Å². The van der Waals surface area contributed by atoms with Gasteiger partial charge in [-0.1, -0.05) is 29.7 Å². The molecule has 0 unspecified atom stereocenters. The van der Waals surface area contributed by atoms with Gasteiger partial charge >= 0.3 is 6.18 Å². The fourth-order valence-electron chi connectivity index (χ4n) is 6.72. The van der Waals surface area contributed by atoms with E-state index in [1.165, 1.54) is 30.0 Å². The Kier molecular flexibility index (Phi) is 9.48. The average Bonchev–Trinajstić information content (AvgIpc) is 3.17. The molecule has 14 heteroatoms. The second-order valence-electron chi connectivity index (χ2n) is 12.9. The molecule has 0 bridgehead atoms. The minimum Gasteiger partial charge on any atom is -0.382 e. The van der Waals surface area contributed by atoms with Crippen LogP contribution in [0, 0.1) is 25.6 Å². The van der Waals surface area contributed by atoms with Crippen LogP contribution in [0.15, 0.2) is 54.6 Å². The summed E-state index contributed by atoms with van der Waals surface area (Å²) in [5.41, 5.74) is 0.700. The molecule has 10 radical (unpaired) electrons. The molecule has 0 aromatic heterocycles. The molecule has 232 valence electrons. The molecule has 2 amide bonds. The zero-order chi connectivity index (χ0) is 34.5. The van der Waals surface area contributed by atoms with Crippen molar-refractivity contribution >= 4 is 67.9 Å². The molecule has 5 nitrogen and oxygen atoms in total. The highest BCUT2D eigenvalue weighted by Gasteiger charge is 2.44. The van der Waals surface area contributed by atoms with Crippen molar-refractivity contribution < 1.29 is 27.2 Å². The maximum absolute atomic E-state index is 15.2. The Morgan fingerprint density at radius 3 is 2.11 bits per heavy atom. The maximum Gasteiger partial charge on any atom is 0.416 e. The summed E-state index contributed by atoms with van der Waals surface area (Å²) < 4.78 is 56.0. The van der Waals surface area contributed by atoms with Gasteiger partial charge in [0.2, 0.25) is 5.91 Å². The zero-order valence-electron chi connectivity index (χ0n) is 26.1. The van der Waals surface area contributed by atoms with E-state index < -0.39 is 51.8 Å². The van der Waals surface area contributed by atoms with Gasteiger partial charge in [-0.15, -0.1) is 10.4 Å². The molecule has 2 aliphatic rings. The Morgan fingerprint density at radius 1 is 0.894 bits per heavy atom. The molecule has 2 atom stereocenters. The van der Waals surface area contributed by atoms with E-state index in [1.54, 1.807) is 31.2 Å². The monoisotopic (exact) mass is 631 g/mol. The number of nitrogens with one attached hydrogen (secondary N) is 2. The van der Waals surface area contributed by atoms with Crippen LogP contribution in [0.5, 0.6) is 0 Å². The molecular formula is C33H30B5F4N3O2. The first kappa shape index (κ1) is 34.8. The molecule has 2 fully saturated rings. The fraction of sp³-hybridized carbons (Fsp3) is 0.394. The lowest BCUT2D eigenvalue weighted by atomic mass is 9.31. The summed E-state index contributed by atoms with van der Waals surface area (Å²) in [6.45, 7) is 3.12.